The van der Waals surface area contributed by atoms with E-state index in [9.17, 15) is 0 Å². The molecule has 0 aliphatic carbocycles. The van der Waals surface area contributed by atoms with Crippen LogP contribution < -0.4 is 0 Å². The zero-order chi connectivity index (χ0) is 26.8. The highest BCUT2D eigenvalue weighted by molar-refractivity contribution is 7.56. The lowest BCUT2D eigenvalue weighted by molar-refractivity contribution is 0.177. The van der Waals surface area contributed by atoms with Crippen molar-refractivity contribution in [2.24, 2.45) is 11.8 Å². The summed E-state index contributed by atoms with van der Waals surface area (Å²) in [5.74, 6) is 0.613. The summed E-state index contributed by atoms with van der Waals surface area (Å²) >= 11 is 0. The van der Waals surface area contributed by atoms with Gasteiger partial charge in [0, 0.05) is 12.2 Å². The average molecular weight is 524 g/mol. The Hall–Kier alpha value is -2.97. The molecule has 4 atom stereocenters. The predicted octanol–water partition coefficient (Wildman–Crippen LogP) is 8.93. The molecule has 1 saturated heterocycles. The molecule has 4 heteroatoms. The van der Waals surface area contributed by atoms with Gasteiger partial charge < -0.3 is 4.52 Å². The van der Waals surface area contributed by atoms with Gasteiger partial charge in [-0.2, -0.15) is 0 Å². The maximum atomic E-state index is 15.5. The second-order valence-corrected chi connectivity index (χ2v) is 13.2. The fourth-order valence-corrected chi connectivity index (χ4v) is 9.52. The number of nitrogens with zero attached hydrogens (tertiary/aromatic N) is 1. The molecular formula is C34H38NO2P. The second-order valence-electron chi connectivity index (χ2n) is 10.9. The molecular weight excluding hydrogens is 485 g/mol. The van der Waals surface area contributed by atoms with E-state index in [1.54, 1.807) is 0 Å². The molecule has 1 unspecified atom stereocenters. The monoisotopic (exact) mass is 523 g/mol. The second kappa shape index (κ2) is 11.0. The van der Waals surface area contributed by atoms with Gasteiger partial charge in [0.15, 0.2) is 0 Å². The van der Waals surface area contributed by atoms with Crippen LogP contribution in [-0.2, 0) is 14.6 Å². The number of hydrogen-bond acceptors (Lipinski definition) is 2. The van der Waals surface area contributed by atoms with Crippen LogP contribution in [0.25, 0.3) is 0 Å². The summed E-state index contributed by atoms with van der Waals surface area (Å²) in [5.41, 5.74) is 3.50. The lowest BCUT2D eigenvalue weighted by Crippen LogP contribution is -2.49. The number of rotatable bonds is 8. The standard InChI is InChI=1S/C34H38NO2P/c1-26(2)27(3)25-38(36)35(28(4)33(37-38)29-17-9-5-10-18-29)34(30-19-11-6-12-20-30,31-21-13-7-14-22-31)32-23-15-8-16-24-32/h5-24,26-28,33H,25H2,1-4H3/t27-,28-,33-,38?/m0/s1. The van der Waals surface area contributed by atoms with E-state index < -0.39 is 13.1 Å². The van der Waals surface area contributed by atoms with E-state index in [-0.39, 0.29) is 18.1 Å². The van der Waals surface area contributed by atoms with E-state index in [1.807, 2.05) is 36.4 Å². The first-order valence-corrected chi connectivity index (χ1v) is 15.4. The topological polar surface area (TPSA) is 29.5 Å². The zero-order valence-corrected chi connectivity index (χ0v) is 23.7. The molecule has 0 bridgehead atoms. The van der Waals surface area contributed by atoms with Gasteiger partial charge in [0.1, 0.15) is 11.6 Å². The molecule has 0 amide bonds. The summed E-state index contributed by atoms with van der Waals surface area (Å²) < 4.78 is 24.6. The molecule has 0 spiro atoms. The van der Waals surface area contributed by atoms with Crippen LogP contribution in [0.3, 0.4) is 0 Å². The third-order valence-electron chi connectivity index (χ3n) is 8.13. The average Bonchev–Trinajstić information content (AvgIpc) is 3.22. The summed E-state index contributed by atoms with van der Waals surface area (Å²) in [4.78, 5) is 0. The Morgan fingerprint density at radius 1 is 0.711 bits per heavy atom. The Bertz CT molecular complexity index is 1260. The van der Waals surface area contributed by atoms with Crippen molar-refractivity contribution in [2.45, 2.75) is 45.4 Å². The van der Waals surface area contributed by atoms with Crippen molar-refractivity contribution >= 4 is 7.52 Å². The van der Waals surface area contributed by atoms with Crippen LogP contribution >= 0.6 is 7.52 Å². The van der Waals surface area contributed by atoms with Gasteiger partial charge in [0.05, 0.1) is 0 Å². The highest BCUT2D eigenvalue weighted by atomic mass is 31.2. The molecule has 1 fully saturated rings. The number of hydrogen-bond donors (Lipinski definition) is 0. The third kappa shape index (κ3) is 4.69. The van der Waals surface area contributed by atoms with E-state index in [4.69, 9.17) is 4.52 Å². The fourth-order valence-electron chi connectivity index (χ4n) is 5.88. The third-order valence-corrected chi connectivity index (χ3v) is 11.0. The van der Waals surface area contributed by atoms with E-state index in [0.29, 0.717) is 12.1 Å². The van der Waals surface area contributed by atoms with Gasteiger partial charge in [-0.3, -0.25) is 4.57 Å². The van der Waals surface area contributed by atoms with Gasteiger partial charge in [-0.25, -0.2) is 4.67 Å². The van der Waals surface area contributed by atoms with Crippen molar-refractivity contribution in [3.8, 4) is 0 Å². The summed E-state index contributed by atoms with van der Waals surface area (Å²) in [6, 6.07) is 41.7. The Balaban J connectivity index is 1.84. The van der Waals surface area contributed by atoms with E-state index >= 15 is 4.57 Å². The van der Waals surface area contributed by atoms with Crippen LogP contribution in [-0.4, -0.2) is 16.9 Å². The smallest absolute Gasteiger partial charge is 0.274 e. The van der Waals surface area contributed by atoms with Gasteiger partial charge in [-0.05, 0) is 41.0 Å². The van der Waals surface area contributed by atoms with E-state index in [1.165, 1.54) is 0 Å². The molecule has 1 aliphatic rings. The first-order valence-electron chi connectivity index (χ1n) is 13.7. The molecule has 38 heavy (non-hydrogen) atoms. The first-order chi connectivity index (χ1) is 18.4. The van der Waals surface area contributed by atoms with Crippen molar-refractivity contribution in [3.63, 3.8) is 0 Å². The Labute approximate surface area is 228 Å². The maximum absolute atomic E-state index is 15.5. The molecule has 0 saturated carbocycles. The van der Waals surface area contributed by atoms with Crippen molar-refractivity contribution in [2.75, 3.05) is 6.16 Å². The molecule has 1 aliphatic heterocycles. The molecule has 4 aromatic rings. The maximum Gasteiger partial charge on any atom is 0.274 e. The lowest BCUT2D eigenvalue weighted by Gasteiger charge is -2.47. The SMILES string of the molecule is CC(C)[C@@H](C)CP1(=O)O[C@H](c2ccccc2)[C@H](C)N1C(c1ccccc1)(c1ccccc1)c1ccccc1. The molecule has 1 heterocycles. The molecule has 196 valence electrons. The van der Waals surface area contributed by atoms with Crippen LogP contribution in [0.2, 0.25) is 0 Å². The quantitative estimate of drug-likeness (QED) is 0.171. The number of benzene rings is 4. The highest BCUT2D eigenvalue weighted by Crippen LogP contribution is 2.70. The summed E-state index contributed by atoms with van der Waals surface area (Å²) in [6.45, 7) is 8.78. The van der Waals surface area contributed by atoms with Crippen molar-refractivity contribution in [1.82, 2.24) is 4.67 Å². The minimum atomic E-state index is -3.35. The van der Waals surface area contributed by atoms with Gasteiger partial charge in [-0.15, -0.1) is 0 Å². The van der Waals surface area contributed by atoms with Crippen LogP contribution in [0.5, 0.6) is 0 Å². The largest absolute Gasteiger partial charge is 0.307 e. The van der Waals surface area contributed by atoms with Crippen molar-refractivity contribution in [1.29, 1.82) is 0 Å². The van der Waals surface area contributed by atoms with Gasteiger partial charge in [-0.1, -0.05) is 142 Å². The van der Waals surface area contributed by atoms with Crippen LogP contribution in [0.4, 0.5) is 0 Å². The predicted molar refractivity (Wildman–Crippen MR) is 157 cm³/mol. The molecule has 5 rings (SSSR count). The Morgan fingerprint density at radius 3 is 1.50 bits per heavy atom. The Morgan fingerprint density at radius 2 is 1.11 bits per heavy atom. The molecule has 0 radical (unpaired) electrons. The minimum absolute atomic E-state index is 0.150. The highest BCUT2D eigenvalue weighted by Gasteiger charge is 2.59. The summed E-state index contributed by atoms with van der Waals surface area (Å²) in [5, 5.41) is 0. The minimum Gasteiger partial charge on any atom is -0.307 e. The van der Waals surface area contributed by atoms with Crippen molar-refractivity contribution in [3.05, 3.63) is 144 Å². The van der Waals surface area contributed by atoms with Crippen molar-refractivity contribution < 1.29 is 9.09 Å². The fraction of sp³-hybridized carbons (Fsp3) is 0.294. The summed E-state index contributed by atoms with van der Waals surface area (Å²) in [7, 11) is -3.35. The molecule has 3 nitrogen and oxygen atoms in total. The van der Waals surface area contributed by atoms with Gasteiger partial charge >= 0.3 is 0 Å². The van der Waals surface area contributed by atoms with Gasteiger partial charge in [0.2, 0.25) is 0 Å². The van der Waals surface area contributed by atoms with E-state index in [0.717, 1.165) is 22.3 Å². The van der Waals surface area contributed by atoms with E-state index in [2.05, 4.69) is 117 Å². The van der Waals surface area contributed by atoms with Gasteiger partial charge in [0.25, 0.3) is 7.52 Å². The summed E-state index contributed by atoms with van der Waals surface area (Å²) in [6.07, 6.45) is 0.184. The molecule has 4 aromatic carbocycles. The normalized spacial score (nSPS) is 23.0. The van der Waals surface area contributed by atoms with Crippen LogP contribution in [0, 0.1) is 11.8 Å². The Kier molecular flexibility index (Phi) is 7.73. The molecule has 0 aromatic heterocycles. The zero-order valence-electron chi connectivity index (χ0n) is 22.8. The van der Waals surface area contributed by atoms with Crippen LogP contribution in [0.1, 0.15) is 56.1 Å². The lowest BCUT2D eigenvalue weighted by atomic mass is 9.76. The van der Waals surface area contributed by atoms with Crippen LogP contribution in [0.15, 0.2) is 121 Å². The molecule has 0 N–H and O–H groups in total. The first kappa shape index (κ1) is 26.6.